The molecule has 1 aliphatic heterocycles. The maximum atomic E-state index is 12.5. The number of hydrogen-bond donors (Lipinski definition) is 1. The van der Waals surface area contributed by atoms with Crippen molar-refractivity contribution in [1.82, 2.24) is 14.9 Å². The van der Waals surface area contributed by atoms with Crippen LogP contribution in [0, 0.1) is 0 Å². The van der Waals surface area contributed by atoms with Gasteiger partial charge >= 0.3 is 0 Å². The van der Waals surface area contributed by atoms with Gasteiger partial charge in [0.15, 0.2) is 0 Å². The number of rotatable bonds is 6. The molecular weight excluding hydrogens is 364 g/mol. The first kappa shape index (κ1) is 18.9. The maximum absolute atomic E-state index is 12.5. The Morgan fingerprint density at radius 3 is 2.38 bits per heavy atom. The van der Waals surface area contributed by atoms with Crippen LogP contribution in [-0.2, 0) is 6.61 Å². The second-order valence-corrected chi connectivity index (χ2v) is 7.06. The molecule has 0 saturated carbocycles. The fourth-order valence-corrected chi connectivity index (χ4v) is 3.29. The Bertz CT molecular complexity index is 921. The number of nitrogens with zero attached hydrogens (tertiary/aromatic N) is 3. The van der Waals surface area contributed by atoms with Gasteiger partial charge in [0.2, 0.25) is 0 Å². The summed E-state index contributed by atoms with van der Waals surface area (Å²) in [5.74, 6) is 1.36. The molecule has 6 nitrogen and oxygen atoms in total. The van der Waals surface area contributed by atoms with Gasteiger partial charge < -0.3 is 15.0 Å². The van der Waals surface area contributed by atoms with Crippen molar-refractivity contribution in [2.24, 2.45) is 0 Å². The van der Waals surface area contributed by atoms with Gasteiger partial charge in [-0.15, -0.1) is 0 Å². The zero-order valence-electron chi connectivity index (χ0n) is 16.3. The van der Waals surface area contributed by atoms with Crippen LogP contribution in [0.3, 0.4) is 0 Å². The number of aromatic nitrogens is 2. The molecule has 0 spiro atoms. The molecule has 0 aliphatic carbocycles. The summed E-state index contributed by atoms with van der Waals surface area (Å²) in [5.41, 5.74) is 2.40. The van der Waals surface area contributed by atoms with Gasteiger partial charge in [0.1, 0.15) is 23.9 Å². The molecule has 0 radical (unpaired) electrons. The Morgan fingerprint density at radius 1 is 0.931 bits per heavy atom. The van der Waals surface area contributed by atoms with E-state index < -0.39 is 0 Å². The largest absolute Gasteiger partial charge is 0.489 e. The van der Waals surface area contributed by atoms with Crippen LogP contribution < -0.4 is 10.1 Å². The van der Waals surface area contributed by atoms with E-state index in [1.165, 1.54) is 12.6 Å². The summed E-state index contributed by atoms with van der Waals surface area (Å²) < 4.78 is 5.80. The highest BCUT2D eigenvalue weighted by molar-refractivity contribution is 5.92. The van der Waals surface area contributed by atoms with Crippen LogP contribution in [0.1, 0.15) is 35.3 Å². The Hall–Kier alpha value is -3.41. The van der Waals surface area contributed by atoms with Gasteiger partial charge in [-0.3, -0.25) is 4.79 Å². The van der Waals surface area contributed by atoms with Crippen molar-refractivity contribution in [3.05, 3.63) is 78.2 Å². The van der Waals surface area contributed by atoms with Crippen molar-refractivity contribution in [3.63, 3.8) is 0 Å². The fraction of sp³-hybridized carbons (Fsp3) is 0.261. The minimum atomic E-state index is -0.0383. The summed E-state index contributed by atoms with van der Waals surface area (Å²) >= 11 is 0. The number of piperidine rings is 1. The lowest BCUT2D eigenvalue weighted by Gasteiger charge is -2.26. The zero-order valence-corrected chi connectivity index (χ0v) is 16.3. The second kappa shape index (κ2) is 9.19. The molecular formula is C23H24N4O2. The number of benzene rings is 2. The van der Waals surface area contributed by atoms with Gasteiger partial charge in [0.05, 0.1) is 12.4 Å². The smallest absolute Gasteiger partial charge is 0.274 e. The number of nitrogens with one attached hydrogen (secondary N) is 1. The van der Waals surface area contributed by atoms with E-state index in [4.69, 9.17) is 4.74 Å². The van der Waals surface area contributed by atoms with Gasteiger partial charge in [0.25, 0.3) is 5.91 Å². The molecule has 148 valence electrons. The van der Waals surface area contributed by atoms with Crippen molar-refractivity contribution >= 4 is 17.4 Å². The minimum Gasteiger partial charge on any atom is -0.489 e. The van der Waals surface area contributed by atoms with E-state index >= 15 is 0 Å². The number of likely N-dealkylation sites (tertiary alicyclic amines) is 1. The molecule has 2 aromatic carbocycles. The van der Waals surface area contributed by atoms with E-state index in [0.29, 0.717) is 18.1 Å². The number of hydrogen-bond acceptors (Lipinski definition) is 5. The third-order valence-corrected chi connectivity index (χ3v) is 4.89. The quantitative estimate of drug-likeness (QED) is 0.677. The van der Waals surface area contributed by atoms with Crippen LogP contribution in [0.25, 0.3) is 0 Å². The highest BCUT2D eigenvalue weighted by Gasteiger charge is 2.19. The van der Waals surface area contributed by atoms with Crippen LogP contribution in [0.15, 0.2) is 67.0 Å². The molecule has 3 aromatic rings. The standard InChI is InChI=1S/C23H24N4O2/c28-23(27-13-5-2-6-14-27)21-15-25-22(16-24-21)26-19-9-11-20(12-10-19)29-17-18-7-3-1-4-8-18/h1,3-4,7-12,15-16H,2,5-6,13-14,17H2,(H,25,26). The van der Waals surface area contributed by atoms with Crippen molar-refractivity contribution in [2.45, 2.75) is 25.9 Å². The molecule has 2 heterocycles. The lowest BCUT2D eigenvalue weighted by molar-refractivity contribution is 0.0718. The predicted molar refractivity (Wildman–Crippen MR) is 112 cm³/mol. The average molecular weight is 388 g/mol. The van der Waals surface area contributed by atoms with Gasteiger partial charge in [-0.1, -0.05) is 30.3 Å². The lowest BCUT2D eigenvalue weighted by Crippen LogP contribution is -2.36. The molecule has 4 rings (SSSR count). The summed E-state index contributed by atoms with van der Waals surface area (Å²) in [7, 11) is 0. The van der Waals surface area contributed by atoms with Crippen molar-refractivity contribution in [1.29, 1.82) is 0 Å². The Morgan fingerprint density at radius 2 is 1.69 bits per heavy atom. The minimum absolute atomic E-state index is 0.0383. The Balaban J connectivity index is 1.32. The molecule has 29 heavy (non-hydrogen) atoms. The molecule has 1 amide bonds. The topological polar surface area (TPSA) is 67.3 Å². The third-order valence-electron chi connectivity index (χ3n) is 4.89. The Kier molecular flexibility index (Phi) is 6.00. The summed E-state index contributed by atoms with van der Waals surface area (Å²) in [6.45, 7) is 2.14. The molecule has 0 unspecified atom stereocenters. The van der Waals surface area contributed by atoms with E-state index in [2.05, 4.69) is 15.3 Å². The lowest BCUT2D eigenvalue weighted by atomic mass is 10.1. The van der Waals surface area contributed by atoms with E-state index in [9.17, 15) is 4.79 Å². The van der Waals surface area contributed by atoms with Crippen LogP contribution in [0.4, 0.5) is 11.5 Å². The number of carbonyl (C=O) groups is 1. The van der Waals surface area contributed by atoms with Crippen LogP contribution in [0.5, 0.6) is 5.75 Å². The predicted octanol–water partition coefficient (Wildman–Crippen LogP) is 4.43. The van der Waals surface area contributed by atoms with Crippen LogP contribution >= 0.6 is 0 Å². The van der Waals surface area contributed by atoms with E-state index in [1.807, 2.05) is 59.5 Å². The van der Waals surface area contributed by atoms with E-state index in [-0.39, 0.29) is 5.91 Å². The van der Waals surface area contributed by atoms with Crippen molar-refractivity contribution < 1.29 is 9.53 Å². The first-order chi connectivity index (χ1) is 14.3. The van der Waals surface area contributed by atoms with Crippen molar-refractivity contribution in [3.8, 4) is 5.75 Å². The van der Waals surface area contributed by atoms with Gasteiger partial charge in [0, 0.05) is 18.8 Å². The number of ether oxygens (including phenoxy) is 1. The van der Waals surface area contributed by atoms with E-state index in [0.717, 1.165) is 42.9 Å². The van der Waals surface area contributed by atoms with E-state index in [1.54, 1.807) is 6.20 Å². The van der Waals surface area contributed by atoms with Gasteiger partial charge in [-0.25, -0.2) is 9.97 Å². The fourth-order valence-electron chi connectivity index (χ4n) is 3.29. The van der Waals surface area contributed by atoms with Crippen LogP contribution in [-0.4, -0.2) is 33.9 Å². The summed E-state index contributed by atoms with van der Waals surface area (Å²) in [6.07, 6.45) is 6.44. The van der Waals surface area contributed by atoms with Gasteiger partial charge in [-0.05, 0) is 49.1 Å². The van der Waals surface area contributed by atoms with Crippen LogP contribution in [0.2, 0.25) is 0 Å². The second-order valence-electron chi connectivity index (χ2n) is 7.06. The molecule has 0 atom stereocenters. The number of amides is 1. The summed E-state index contributed by atoms with van der Waals surface area (Å²) in [5, 5.41) is 3.20. The first-order valence-corrected chi connectivity index (χ1v) is 9.93. The normalized spacial score (nSPS) is 13.7. The molecule has 1 aliphatic rings. The third kappa shape index (κ3) is 5.10. The number of carbonyl (C=O) groups excluding carboxylic acids is 1. The molecule has 1 saturated heterocycles. The molecule has 1 N–H and O–H groups in total. The summed E-state index contributed by atoms with van der Waals surface area (Å²) in [6, 6.07) is 17.7. The molecule has 6 heteroatoms. The SMILES string of the molecule is O=C(c1cnc(Nc2ccc(OCc3ccccc3)cc2)cn1)N1CCCCC1. The summed E-state index contributed by atoms with van der Waals surface area (Å²) in [4.78, 5) is 22.9. The molecule has 1 fully saturated rings. The highest BCUT2D eigenvalue weighted by atomic mass is 16.5. The first-order valence-electron chi connectivity index (χ1n) is 9.93. The molecule has 1 aromatic heterocycles. The monoisotopic (exact) mass is 388 g/mol. The highest BCUT2D eigenvalue weighted by Crippen LogP contribution is 2.20. The maximum Gasteiger partial charge on any atom is 0.274 e. The zero-order chi connectivity index (χ0) is 19.9. The van der Waals surface area contributed by atoms with Crippen molar-refractivity contribution in [2.75, 3.05) is 18.4 Å². The van der Waals surface area contributed by atoms with Gasteiger partial charge in [-0.2, -0.15) is 0 Å². The number of anilines is 2. The average Bonchev–Trinajstić information content (AvgIpc) is 2.80. The Labute approximate surface area is 170 Å². The molecule has 0 bridgehead atoms.